The van der Waals surface area contributed by atoms with Gasteiger partial charge in [0.05, 0.1) is 5.70 Å². The van der Waals surface area contributed by atoms with Crippen molar-refractivity contribution in [2.24, 2.45) is 22.3 Å². The lowest BCUT2D eigenvalue weighted by Crippen LogP contribution is -2.31. The van der Waals surface area contributed by atoms with Gasteiger partial charge in [-0.3, -0.25) is 4.99 Å². The average molecular weight is 392 g/mol. The molecule has 0 amide bonds. The minimum absolute atomic E-state index is 0.173. The van der Waals surface area contributed by atoms with Crippen molar-refractivity contribution in [3.63, 3.8) is 0 Å². The van der Waals surface area contributed by atoms with E-state index in [4.69, 9.17) is 22.0 Å². The number of hydrogen-bond acceptors (Lipinski definition) is 6. The van der Waals surface area contributed by atoms with Crippen molar-refractivity contribution in [2.45, 2.75) is 26.4 Å². The second kappa shape index (κ2) is 8.84. The summed E-state index contributed by atoms with van der Waals surface area (Å²) >= 11 is 0. The van der Waals surface area contributed by atoms with Gasteiger partial charge in [-0.2, -0.15) is 0 Å². The van der Waals surface area contributed by atoms with Crippen LogP contribution in [0.3, 0.4) is 0 Å². The molecule has 0 fully saturated rings. The standard InChI is InChI=1S/C23H29N5O/c1-15-4-7-19(8-5-15)29-22-10-11-28(26)23(16(2)25)20-9-6-17(12-21(20)22)18(13-24)14-27-3/h4-9,12-14,22H,10-11,24-26H2,1-3H3/b18-13?,23-16-,27-14?. The van der Waals surface area contributed by atoms with Crippen molar-refractivity contribution in [3.05, 3.63) is 76.6 Å². The van der Waals surface area contributed by atoms with E-state index in [1.807, 2.05) is 43.3 Å². The Morgan fingerprint density at radius 1 is 1.21 bits per heavy atom. The van der Waals surface area contributed by atoms with Crippen LogP contribution in [-0.4, -0.2) is 24.8 Å². The molecule has 1 aliphatic heterocycles. The number of nitrogens with zero attached hydrogens (tertiary/aromatic N) is 2. The Morgan fingerprint density at radius 3 is 2.55 bits per heavy atom. The largest absolute Gasteiger partial charge is 0.486 e. The molecular weight excluding hydrogens is 362 g/mol. The molecule has 1 aliphatic rings. The lowest BCUT2D eigenvalue weighted by atomic mass is 9.94. The van der Waals surface area contributed by atoms with E-state index >= 15 is 0 Å². The molecule has 2 aromatic rings. The minimum atomic E-state index is -0.173. The van der Waals surface area contributed by atoms with Gasteiger partial charge in [-0.05, 0) is 37.6 Å². The fourth-order valence-corrected chi connectivity index (χ4v) is 3.60. The van der Waals surface area contributed by atoms with E-state index in [0.717, 1.165) is 40.1 Å². The van der Waals surface area contributed by atoms with E-state index in [9.17, 15) is 0 Å². The fourth-order valence-electron chi connectivity index (χ4n) is 3.60. The minimum Gasteiger partial charge on any atom is -0.486 e. The highest BCUT2D eigenvalue weighted by atomic mass is 16.5. The van der Waals surface area contributed by atoms with Gasteiger partial charge in [-0.1, -0.05) is 29.8 Å². The van der Waals surface area contributed by atoms with Gasteiger partial charge in [0.1, 0.15) is 11.9 Å². The summed E-state index contributed by atoms with van der Waals surface area (Å²) in [6.45, 7) is 4.55. The van der Waals surface area contributed by atoms with Gasteiger partial charge >= 0.3 is 0 Å². The number of rotatable bonds is 4. The quantitative estimate of drug-likeness (QED) is 0.548. The van der Waals surface area contributed by atoms with Crippen LogP contribution in [-0.2, 0) is 0 Å². The Hall–Kier alpha value is -3.25. The molecule has 0 aliphatic carbocycles. The fraction of sp³-hybridized carbons (Fsp3) is 0.261. The van der Waals surface area contributed by atoms with Gasteiger partial charge in [0.2, 0.25) is 0 Å². The third-order valence-electron chi connectivity index (χ3n) is 5.03. The molecule has 2 aromatic carbocycles. The molecular formula is C23H29N5O. The SMILES string of the molecule is CN=CC(=CN)c1ccc2c(c1)C(Oc1ccc(C)cc1)CCN(N)/C2=C(/C)N. The molecule has 0 spiro atoms. The Morgan fingerprint density at radius 2 is 1.93 bits per heavy atom. The topological polar surface area (TPSA) is 103 Å². The molecule has 0 saturated carbocycles. The highest BCUT2D eigenvalue weighted by Crippen LogP contribution is 2.37. The molecule has 0 aromatic heterocycles. The highest BCUT2D eigenvalue weighted by Gasteiger charge is 2.27. The molecule has 6 heteroatoms. The zero-order chi connectivity index (χ0) is 21.0. The molecule has 1 atom stereocenters. The second-order valence-electron chi connectivity index (χ2n) is 7.24. The van der Waals surface area contributed by atoms with E-state index in [1.54, 1.807) is 24.5 Å². The first-order chi connectivity index (χ1) is 13.9. The Balaban J connectivity index is 2.13. The van der Waals surface area contributed by atoms with Crippen molar-refractivity contribution in [3.8, 4) is 5.75 Å². The van der Waals surface area contributed by atoms with Gasteiger partial charge in [-0.25, -0.2) is 5.84 Å². The van der Waals surface area contributed by atoms with Crippen LogP contribution < -0.4 is 22.0 Å². The van der Waals surface area contributed by atoms with Gasteiger partial charge in [0.15, 0.2) is 0 Å². The smallest absolute Gasteiger partial charge is 0.126 e. The van der Waals surface area contributed by atoms with Crippen molar-refractivity contribution in [1.82, 2.24) is 5.01 Å². The van der Waals surface area contributed by atoms with Gasteiger partial charge in [0.25, 0.3) is 0 Å². The molecule has 0 radical (unpaired) electrons. The van der Waals surface area contributed by atoms with Crippen molar-refractivity contribution < 1.29 is 4.74 Å². The third-order valence-corrected chi connectivity index (χ3v) is 5.03. The second-order valence-corrected chi connectivity index (χ2v) is 7.24. The number of nitrogens with two attached hydrogens (primary N) is 3. The summed E-state index contributed by atoms with van der Waals surface area (Å²) < 4.78 is 6.39. The first kappa shape index (κ1) is 20.5. The number of aryl methyl sites for hydroxylation is 1. The first-order valence-electron chi connectivity index (χ1n) is 9.65. The van der Waals surface area contributed by atoms with Crippen LogP contribution >= 0.6 is 0 Å². The predicted octanol–water partition coefficient (Wildman–Crippen LogP) is 3.34. The number of benzene rings is 2. The number of hydrogen-bond donors (Lipinski definition) is 3. The van der Waals surface area contributed by atoms with E-state index in [2.05, 4.69) is 18.0 Å². The lowest BCUT2D eigenvalue weighted by Gasteiger charge is -2.22. The summed E-state index contributed by atoms with van der Waals surface area (Å²) in [6.07, 6.45) is 3.85. The molecule has 1 heterocycles. The lowest BCUT2D eigenvalue weighted by molar-refractivity contribution is 0.185. The van der Waals surface area contributed by atoms with E-state index < -0.39 is 0 Å². The number of allylic oxidation sites excluding steroid dienone is 2. The third kappa shape index (κ3) is 4.43. The maximum Gasteiger partial charge on any atom is 0.126 e. The van der Waals surface area contributed by atoms with Crippen LogP contribution in [0.25, 0.3) is 11.3 Å². The van der Waals surface area contributed by atoms with E-state index in [-0.39, 0.29) is 6.10 Å². The number of hydrazine groups is 1. The zero-order valence-corrected chi connectivity index (χ0v) is 17.2. The van der Waals surface area contributed by atoms with Crippen LogP contribution in [0.5, 0.6) is 5.75 Å². The molecule has 6 N–H and O–H groups in total. The van der Waals surface area contributed by atoms with E-state index in [0.29, 0.717) is 12.2 Å². The predicted molar refractivity (Wildman–Crippen MR) is 120 cm³/mol. The highest BCUT2D eigenvalue weighted by molar-refractivity contribution is 6.09. The van der Waals surface area contributed by atoms with Crippen LogP contribution in [0.4, 0.5) is 0 Å². The molecule has 1 unspecified atom stereocenters. The molecule has 3 rings (SSSR count). The summed E-state index contributed by atoms with van der Waals surface area (Å²) in [4.78, 5) is 4.10. The van der Waals surface area contributed by atoms with Crippen molar-refractivity contribution in [2.75, 3.05) is 13.6 Å². The Kier molecular flexibility index (Phi) is 6.24. The molecule has 29 heavy (non-hydrogen) atoms. The summed E-state index contributed by atoms with van der Waals surface area (Å²) in [7, 11) is 1.72. The van der Waals surface area contributed by atoms with Crippen LogP contribution in [0.15, 0.2) is 59.4 Å². The van der Waals surface area contributed by atoms with Crippen LogP contribution in [0.2, 0.25) is 0 Å². The molecule has 0 bridgehead atoms. The van der Waals surface area contributed by atoms with Gasteiger partial charge < -0.3 is 21.2 Å². The monoisotopic (exact) mass is 391 g/mol. The average Bonchev–Trinajstić information content (AvgIpc) is 2.84. The summed E-state index contributed by atoms with van der Waals surface area (Å²) in [5.41, 5.74) is 18.5. The van der Waals surface area contributed by atoms with Crippen molar-refractivity contribution in [1.29, 1.82) is 0 Å². The maximum atomic E-state index is 6.39. The summed E-state index contributed by atoms with van der Waals surface area (Å²) in [5.74, 6) is 7.15. The maximum absolute atomic E-state index is 6.39. The number of ether oxygens (including phenoxy) is 1. The van der Waals surface area contributed by atoms with E-state index in [1.165, 1.54) is 5.56 Å². The van der Waals surface area contributed by atoms with Gasteiger partial charge in [-0.15, -0.1) is 0 Å². The van der Waals surface area contributed by atoms with Crippen LogP contribution in [0, 0.1) is 6.92 Å². The number of fused-ring (bicyclic) bond motifs is 1. The molecule has 6 nitrogen and oxygen atoms in total. The summed E-state index contributed by atoms with van der Waals surface area (Å²) in [6, 6.07) is 14.2. The number of aliphatic imine (C=N–C) groups is 1. The van der Waals surface area contributed by atoms with Crippen LogP contribution in [0.1, 0.15) is 41.7 Å². The Labute approximate surface area is 172 Å². The molecule has 152 valence electrons. The zero-order valence-electron chi connectivity index (χ0n) is 17.2. The molecule has 0 saturated heterocycles. The summed E-state index contributed by atoms with van der Waals surface area (Å²) in [5, 5.41) is 1.71. The normalized spacial score (nSPS) is 19.1. The van der Waals surface area contributed by atoms with Gasteiger partial charge in [0, 0.05) is 54.8 Å². The first-order valence-corrected chi connectivity index (χ1v) is 9.65. The van der Waals surface area contributed by atoms with Crippen molar-refractivity contribution >= 4 is 17.5 Å². The Bertz CT molecular complexity index is 956.